The number of hydrogen-bond donors (Lipinski definition) is 1. The van der Waals surface area contributed by atoms with Crippen LogP contribution in [0, 0.1) is 0 Å². The van der Waals surface area contributed by atoms with Gasteiger partial charge in [0.15, 0.2) is 5.78 Å². The second kappa shape index (κ2) is 6.66. The van der Waals surface area contributed by atoms with Crippen LogP contribution in [-0.4, -0.2) is 24.4 Å². The van der Waals surface area contributed by atoms with E-state index < -0.39 is 6.10 Å². The lowest BCUT2D eigenvalue weighted by atomic mass is 10.1. The molecule has 0 radical (unpaired) electrons. The van der Waals surface area contributed by atoms with Crippen LogP contribution < -0.4 is 5.32 Å². The van der Waals surface area contributed by atoms with Crippen molar-refractivity contribution >= 4 is 33.3 Å². The van der Waals surface area contributed by atoms with Gasteiger partial charge in [-0.25, -0.2) is 0 Å². The third-order valence-electron chi connectivity index (χ3n) is 2.40. The molecule has 0 spiro atoms. The zero-order chi connectivity index (χ0) is 13.7. The number of amides is 1. The highest BCUT2D eigenvalue weighted by Gasteiger charge is 2.16. The lowest BCUT2D eigenvalue weighted by Crippen LogP contribution is -2.28. The molecule has 0 aliphatic heterocycles. The summed E-state index contributed by atoms with van der Waals surface area (Å²) in [6, 6.07) is 5.15. The van der Waals surface area contributed by atoms with Gasteiger partial charge in [-0.2, -0.15) is 0 Å². The average molecular weight is 314 g/mol. The van der Waals surface area contributed by atoms with Gasteiger partial charge in [-0.3, -0.25) is 9.59 Å². The molecular formula is C13H16BrNO3. The van der Waals surface area contributed by atoms with Crippen molar-refractivity contribution in [1.29, 1.82) is 0 Å². The lowest BCUT2D eigenvalue weighted by Gasteiger charge is -2.14. The molecule has 0 aromatic heterocycles. The molecule has 0 saturated carbocycles. The third-order valence-corrected chi connectivity index (χ3v) is 2.90. The number of ketones is 1. The molecule has 0 saturated heterocycles. The Hall–Kier alpha value is -1.20. The van der Waals surface area contributed by atoms with Crippen molar-refractivity contribution in [3.05, 3.63) is 28.2 Å². The number of nitrogens with one attached hydrogen (secondary N) is 1. The molecule has 4 nitrogen and oxygen atoms in total. The highest BCUT2D eigenvalue weighted by molar-refractivity contribution is 9.10. The highest BCUT2D eigenvalue weighted by Crippen LogP contribution is 2.21. The number of carbonyl (C=O) groups excluding carboxylic acids is 2. The number of halogens is 1. The minimum atomic E-state index is -0.543. The second-order valence-electron chi connectivity index (χ2n) is 3.83. The molecule has 1 rings (SSSR count). The topological polar surface area (TPSA) is 55.4 Å². The molecule has 1 aromatic rings. The largest absolute Gasteiger partial charge is 0.369 e. The van der Waals surface area contributed by atoms with Gasteiger partial charge in [0.1, 0.15) is 6.10 Å². The Morgan fingerprint density at radius 1 is 1.44 bits per heavy atom. The SMILES string of the molecule is CCOC(C)C(=O)Nc1ccc(Br)cc1C(C)=O. The molecule has 1 aromatic carbocycles. The maximum Gasteiger partial charge on any atom is 0.253 e. The van der Waals surface area contributed by atoms with E-state index in [9.17, 15) is 9.59 Å². The van der Waals surface area contributed by atoms with Gasteiger partial charge >= 0.3 is 0 Å². The summed E-state index contributed by atoms with van der Waals surface area (Å²) in [6.07, 6.45) is -0.543. The Bertz CT molecular complexity index is 460. The van der Waals surface area contributed by atoms with E-state index >= 15 is 0 Å². The average Bonchev–Trinajstić information content (AvgIpc) is 2.31. The normalized spacial score (nSPS) is 12.0. The van der Waals surface area contributed by atoms with Crippen LogP contribution in [-0.2, 0) is 9.53 Å². The van der Waals surface area contributed by atoms with Crippen LogP contribution >= 0.6 is 15.9 Å². The zero-order valence-corrected chi connectivity index (χ0v) is 12.2. The van der Waals surface area contributed by atoms with E-state index in [1.165, 1.54) is 6.92 Å². The van der Waals surface area contributed by atoms with Gasteiger partial charge in [0.05, 0.1) is 5.69 Å². The summed E-state index contributed by atoms with van der Waals surface area (Å²) in [6.45, 7) is 5.42. The van der Waals surface area contributed by atoms with Crippen molar-refractivity contribution in [2.24, 2.45) is 0 Å². The number of Topliss-reactive ketones (excluding diaryl/α,β-unsaturated/α-hetero) is 1. The van der Waals surface area contributed by atoms with E-state index in [2.05, 4.69) is 21.2 Å². The predicted octanol–water partition coefficient (Wildman–Crippen LogP) is 3.02. The minimum Gasteiger partial charge on any atom is -0.369 e. The molecule has 1 amide bonds. The van der Waals surface area contributed by atoms with Gasteiger partial charge in [-0.15, -0.1) is 0 Å². The van der Waals surface area contributed by atoms with E-state index in [0.717, 1.165) is 4.47 Å². The van der Waals surface area contributed by atoms with E-state index in [1.54, 1.807) is 25.1 Å². The molecule has 0 aliphatic carbocycles. The van der Waals surface area contributed by atoms with Crippen molar-refractivity contribution in [3.8, 4) is 0 Å². The molecule has 1 atom stereocenters. The van der Waals surface area contributed by atoms with Crippen LogP contribution in [0.25, 0.3) is 0 Å². The standard InChI is InChI=1S/C13H16BrNO3/c1-4-18-9(3)13(17)15-12-6-5-10(14)7-11(12)8(2)16/h5-7,9H,4H2,1-3H3,(H,15,17). The first-order valence-electron chi connectivity index (χ1n) is 5.68. The van der Waals surface area contributed by atoms with Crippen LogP contribution in [0.4, 0.5) is 5.69 Å². The van der Waals surface area contributed by atoms with Gasteiger partial charge in [0, 0.05) is 16.6 Å². The van der Waals surface area contributed by atoms with Gasteiger partial charge in [-0.05, 0) is 39.0 Å². The summed E-state index contributed by atoms with van der Waals surface area (Å²) in [5.41, 5.74) is 0.976. The van der Waals surface area contributed by atoms with Crippen molar-refractivity contribution in [2.45, 2.75) is 26.9 Å². The summed E-state index contributed by atoms with van der Waals surface area (Å²) in [4.78, 5) is 23.3. The molecule has 1 unspecified atom stereocenters. The smallest absolute Gasteiger partial charge is 0.253 e. The van der Waals surface area contributed by atoms with Gasteiger partial charge < -0.3 is 10.1 Å². The fraction of sp³-hybridized carbons (Fsp3) is 0.385. The number of hydrogen-bond acceptors (Lipinski definition) is 3. The Kier molecular flexibility index (Phi) is 5.50. The summed E-state index contributed by atoms with van der Waals surface area (Å²) < 4.78 is 5.99. The molecule has 0 heterocycles. The summed E-state index contributed by atoms with van der Waals surface area (Å²) >= 11 is 3.30. The number of carbonyl (C=O) groups is 2. The van der Waals surface area contributed by atoms with E-state index in [0.29, 0.717) is 17.9 Å². The lowest BCUT2D eigenvalue weighted by molar-refractivity contribution is -0.126. The monoisotopic (exact) mass is 313 g/mol. The molecular weight excluding hydrogens is 298 g/mol. The zero-order valence-electron chi connectivity index (χ0n) is 10.6. The number of rotatable bonds is 5. The maximum absolute atomic E-state index is 11.8. The quantitative estimate of drug-likeness (QED) is 0.850. The van der Waals surface area contributed by atoms with Gasteiger partial charge in [0.25, 0.3) is 5.91 Å². The molecule has 0 fully saturated rings. The van der Waals surface area contributed by atoms with Crippen LogP contribution in [0.15, 0.2) is 22.7 Å². The van der Waals surface area contributed by atoms with Gasteiger partial charge in [-0.1, -0.05) is 15.9 Å². The maximum atomic E-state index is 11.8. The van der Waals surface area contributed by atoms with Crippen molar-refractivity contribution in [1.82, 2.24) is 0 Å². The molecule has 98 valence electrons. The number of benzene rings is 1. The van der Waals surface area contributed by atoms with Crippen LogP contribution in [0.1, 0.15) is 31.1 Å². The highest BCUT2D eigenvalue weighted by atomic mass is 79.9. The van der Waals surface area contributed by atoms with Crippen molar-refractivity contribution in [2.75, 3.05) is 11.9 Å². The Morgan fingerprint density at radius 2 is 2.11 bits per heavy atom. The van der Waals surface area contributed by atoms with Crippen LogP contribution in [0.3, 0.4) is 0 Å². The second-order valence-corrected chi connectivity index (χ2v) is 4.75. The van der Waals surface area contributed by atoms with E-state index in [-0.39, 0.29) is 11.7 Å². The predicted molar refractivity (Wildman–Crippen MR) is 73.9 cm³/mol. The fourth-order valence-electron chi connectivity index (χ4n) is 1.48. The first-order valence-corrected chi connectivity index (χ1v) is 6.48. The first kappa shape index (κ1) is 14.9. The van der Waals surface area contributed by atoms with Crippen LogP contribution in [0.2, 0.25) is 0 Å². The molecule has 18 heavy (non-hydrogen) atoms. The number of anilines is 1. The third kappa shape index (κ3) is 3.92. The molecule has 1 N–H and O–H groups in total. The number of ether oxygens (including phenoxy) is 1. The van der Waals surface area contributed by atoms with Crippen LogP contribution in [0.5, 0.6) is 0 Å². The minimum absolute atomic E-state index is 0.101. The van der Waals surface area contributed by atoms with Crippen molar-refractivity contribution in [3.63, 3.8) is 0 Å². The van der Waals surface area contributed by atoms with E-state index in [4.69, 9.17) is 4.74 Å². The summed E-state index contributed by atoms with van der Waals surface area (Å²) in [5.74, 6) is -0.364. The molecule has 5 heteroatoms. The summed E-state index contributed by atoms with van der Waals surface area (Å²) in [7, 11) is 0. The Morgan fingerprint density at radius 3 is 2.67 bits per heavy atom. The molecule has 0 aliphatic rings. The summed E-state index contributed by atoms with van der Waals surface area (Å²) in [5, 5.41) is 2.70. The Labute approximate surface area is 115 Å². The van der Waals surface area contributed by atoms with Crippen molar-refractivity contribution < 1.29 is 14.3 Å². The van der Waals surface area contributed by atoms with Gasteiger partial charge in [0.2, 0.25) is 0 Å². The Balaban J connectivity index is 2.90. The fourth-order valence-corrected chi connectivity index (χ4v) is 1.84. The first-order chi connectivity index (χ1) is 8.45. The van der Waals surface area contributed by atoms with E-state index in [1.807, 2.05) is 6.92 Å². The molecule has 0 bridgehead atoms.